The molecule has 0 saturated carbocycles. The highest BCUT2D eigenvalue weighted by atomic mass is 28.4. The summed E-state index contributed by atoms with van der Waals surface area (Å²) in [5.74, 6) is -0.505. The molecule has 0 aliphatic heterocycles. The minimum absolute atomic E-state index is 0.0896. The van der Waals surface area contributed by atoms with Gasteiger partial charge in [-0.2, -0.15) is 0 Å². The third kappa shape index (κ3) is 8.36. The predicted molar refractivity (Wildman–Crippen MR) is 92.9 cm³/mol. The Bertz CT molecular complexity index is 410. The molecule has 0 aliphatic carbocycles. The second-order valence-corrected chi connectivity index (χ2v) is 12.9. The van der Waals surface area contributed by atoms with Crippen LogP contribution in [0, 0.1) is 0 Å². The van der Waals surface area contributed by atoms with E-state index in [2.05, 4.69) is 39.2 Å². The van der Waals surface area contributed by atoms with Crippen molar-refractivity contribution in [2.75, 3.05) is 13.7 Å². The second kappa shape index (κ2) is 8.15. The van der Waals surface area contributed by atoms with E-state index in [0.29, 0.717) is 13.0 Å². The van der Waals surface area contributed by atoms with Crippen molar-refractivity contribution in [1.29, 1.82) is 0 Å². The molecule has 0 radical (unpaired) electrons. The average molecular weight is 348 g/mol. The van der Waals surface area contributed by atoms with E-state index in [9.17, 15) is 9.59 Å². The fraction of sp³-hybridized carbons (Fsp3) is 0.875. The van der Waals surface area contributed by atoms with Crippen LogP contribution in [0.2, 0.25) is 18.1 Å². The van der Waals surface area contributed by atoms with Gasteiger partial charge in [0.2, 0.25) is 0 Å². The Morgan fingerprint density at radius 2 is 1.61 bits per heavy atom. The largest absolute Gasteiger partial charge is 0.467 e. The quantitative estimate of drug-likeness (QED) is 0.588. The van der Waals surface area contributed by atoms with Crippen LogP contribution in [0.5, 0.6) is 0 Å². The molecule has 136 valence electrons. The third-order valence-corrected chi connectivity index (χ3v) is 8.39. The van der Waals surface area contributed by atoms with Crippen molar-refractivity contribution < 1.29 is 23.5 Å². The molecule has 0 rings (SSSR count). The average Bonchev–Trinajstić information content (AvgIpc) is 2.32. The zero-order chi connectivity index (χ0) is 18.5. The Morgan fingerprint density at radius 3 is 2.00 bits per heavy atom. The number of methoxy groups -OCH3 is 1. The highest BCUT2D eigenvalue weighted by molar-refractivity contribution is 6.74. The maximum atomic E-state index is 11.8. The molecule has 0 aromatic heterocycles. The summed E-state index contributed by atoms with van der Waals surface area (Å²) < 4.78 is 16.0. The fourth-order valence-corrected chi connectivity index (χ4v) is 2.55. The van der Waals surface area contributed by atoms with Crippen molar-refractivity contribution in [2.45, 2.75) is 77.7 Å². The number of carbonyl (C=O) groups is 2. The zero-order valence-corrected chi connectivity index (χ0v) is 17.0. The van der Waals surface area contributed by atoms with Gasteiger partial charge in [-0.05, 0) is 38.9 Å². The van der Waals surface area contributed by atoms with Gasteiger partial charge in [0, 0.05) is 13.0 Å². The van der Waals surface area contributed by atoms with Crippen LogP contribution in [0.1, 0.15) is 48.0 Å². The van der Waals surface area contributed by atoms with Gasteiger partial charge in [-0.3, -0.25) is 0 Å². The van der Waals surface area contributed by atoms with Gasteiger partial charge in [-0.1, -0.05) is 20.8 Å². The van der Waals surface area contributed by atoms with E-state index >= 15 is 0 Å². The van der Waals surface area contributed by atoms with E-state index < -0.39 is 32.0 Å². The summed E-state index contributed by atoms with van der Waals surface area (Å²) in [5.41, 5.74) is -0.623. The van der Waals surface area contributed by atoms with Crippen molar-refractivity contribution in [2.24, 2.45) is 0 Å². The van der Waals surface area contributed by atoms with Gasteiger partial charge in [0.25, 0.3) is 0 Å². The van der Waals surface area contributed by atoms with Gasteiger partial charge in [-0.25, -0.2) is 9.59 Å². The van der Waals surface area contributed by atoms with Crippen molar-refractivity contribution in [1.82, 2.24) is 5.32 Å². The van der Waals surface area contributed by atoms with Crippen molar-refractivity contribution in [3.8, 4) is 0 Å². The van der Waals surface area contributed by atoms with Gasteiger partial charge >= 0.3 is 12.1 Å². The third-order valence-electron chi connectivity index (χ3n) is 3.85. The number of ether oxygens (including phenoxy) is 2. The van der Waals surface area contributed by atoms with Crippen LogP contribution >= 0.6 is 0 Å². The highest BCUT2D eigenvalue weighted by Gasteiger charge is 2.37. The molecular weight excluding hydrogens is 314 g/mol. The summed E-state index contributed by atoms with van der Waals surface area (Å²) >= 11 is 0. The lowest BCUT2D eigenvalue weighted by molar-refractivity contribution is -0.143. The number of rotatable bonds is 6. The first-order valence-electron chi connectivity index (χ1n) is 7.91. The molecule has 23 heavy (non-hydrogen) atoms. The van der Waals surface area contributed by atoms with E-state index in [1.54, 1.807) is 20.8 Å². The van der Waals surface area contributed by atoms with Crippen LogP contribution in [0.25, 0.3) is 0 Å². The van der Waals surface area contributed by atoms with Crippen LogP contribution in [-0.2, 0) is 18.7 Å². The number of carbonyl (C=O) groups excluding carboxylic acids is 2. The fourth-order valence-electron chi connectivity index (χ4n) is 1.49. The SMILES string of the molecule is COC(=O)[C@H](CCO[Si](C)(C)C(C)(C)C)NC(=O)OC(C)(C)C. The summed E-state index contributed by atoms with van der Waals surface area (Å²) in [7, 11) is -0.598. The molecule has 0 aromatic carbocycles. The summed E-state index contributed by atoms with van der Waals surface area (Å²) in [6.07, 6.45) is -0.293. The Labute approximate surface area is 141 Å². The molecule has 6 nitrogen and oxygen atoms in total. The lowest BCUT2D eigenvalue weighted by Gasteiger charge is -2.36. The van der Waals surface area contributed by atoms with E-state index in [1.165, 1.54) is 7.11 Å². The molecule has 0 heterocycles. The zero-order valence-electron chi connectivity index (χ0n) is 16.0. The predicted octanol–water partition coefficient (Wildman–Crippen LogP) is 3.46. The minimum atomic E-state index is -1.89. The van der Waals surface area contributed by atoms with Gasteiger partial charge in [0.05, 0.1) is 7.11 Å². The molecule has 0 aliphatic rings. The van der Waals surface area contributed by atoms with E-state index in [0.717, 1.165) is 0 Å². The lowest BCUT2D eigenvalue weighted by atomic mass is 10.2. The minimum Gasteiger partial charge on any atom is -0.467 e. The van der Waals surface area contributed by atoms with Crippen LogP contribution in [-0.4, -0.2) is 45.7 Å². The van der Waals surface area contributed by atoms with Crippen LogP contribution in [0.4, 0.5) is 4.79 Å². The van der Waals surface area contributed by atoms with Gasteiger partial charge in [0.1, 0.15) is 11.6 Å². The smallest absolute Gasteiger partial charge is 0.408 e. The summed E-state index contributed by atoms with van der Waals surface area (Å²) in [4.78, 5) is 23.7. The van der Waals surface area contributed by atoms with Gasteiger partial charge < -0.3 is 19.2 Å². The maximum Gasteiger partial charge on any atom is 0.408 e. The first kappa shape index (κ1) is 21.9. The Morgan fingerprint density at radius 1 is 1.09 bits per heavy atom. The molecule has 0 unspecified atom stereocenters. The molecule has 1 N–H and O–H groups in total. The number of hydrogen-bond acceptors (Lipinski definition) is 5. The first-order valence-corrected chi connectivity index (χ1v) is 10.8. The van der Waals surface area contributed by atoms with E-state index in [-0.39, 0.29) is 5.04 Å². The number of nitrogens with one attached hydrogen (secondary N) is 1. The highest BCUT2D eigenvalue weighted by Crippen LogP contribution is 2.36. The van der Waals surface area contributed by atoms with Gasteiger partial charge in [-0.15, -0.1) is 0 Å². The van der Waals surface area contributed by atoms with Gasteiger partial charge in [0.15, 0.2) is 8.32 Å². The molecule has 7 heteroatoms. The number of alkyl carbamates (subject to hydrolysis) is 1. The van der Waals surface area contributed by atoms with Crippen LogP contribution in [0.15, 0.2) is 0 Å². The molecule has 1 amide bonds. The standard InChI is InChI=1S/C16H33NO5Si/c1-15(2,3)22-14(19)17-12(13(18)20-7)10-11-21-23(8,9)16(4,5)6/h12H,10-11H2,1-9H3,(H,17,19)/t12-/m0/s1. The van der Waals surface area contributed by atoms with E-state index in [4.69, 9.17) is 13.9 Å². The lowest BCUT2D eigenvalue weighted by Crippen LogP contribution is -2.46. The van der Waals surface area contributed by atoms with Crippen molar-refractivity contribution in [3.63, 3.8) is 0 Å². The number of hydrogen-bond donors (Lipinski definition) is 1. The number of esters is 1. The second-order valence-electron chi connectivity index (χ2n) is 8.12. The summed E-state index contributed by atoms with van der Waals surface area (Å²) in [6.45, 7) is 16.4. The Balaban J connectivity index is 4.65. The molecule has 0 bridgehead atoms. The van der Waals surface area contributed by atoms with Crippen molar-refractivity contribution in [3.05, 3.63) is 0 Å². The summed E-state index contributed by atoms with van der Waals surface area (Å²) in [5, 5.41) is 2.64. The molecule has 0 fully saturated rings. The number of amides is 1. The van der Waals surface area contributed by atoms with Crippen LogP contribution < -0.4 is 5.32 Å². The molecule has 0 aromatic rings. The summed E-state index contributed by atoms with van der Waals surface area (Å²) in [6, 6.07) is -0.778. The Kier molecular flexibility index (Phi) is 7.76. The normalized spacial score (nSPS) is 14.1. The molecule has 0 saturated heterocycles. The Hall–Kier alpha value is -1.08. The monoisotopic (exact) mass is 347 g/mol. The van der Waals surface area contributed by atoms with E-state index in [1.807, 2.05) is 0 Å². The van der Waals surface area contributed by atoms with Crippen LogP contribution in [0.3, 0.4) is 0 Å². The molecule has 0 spiro atoms. The maximum absolute atomic E-state index is 11.8. The van der Waals surface area contributed by atoms with Crippen molar-refractivity contribution >= 4 is 20.4 Å². The first-order chi connectivity index (χ1) is 10.2. The molecular formula is C16H33NO5Si. The topological polar surface area (TPSA) is 73.9 Å². The molecule has 1 atom stereocenters.